The summed E-state index contributed by atoms with van der Waals surface area (Å²) in [6.45, 7) is 9.43. The maximum Gasteiger partial charge on any atom is 0.237 e. The molecule has 0 fully saturated rings. The molecule has 90 valence electrons. The largest absolute Gasteiger partial charge is 0.280 e. The molecule has 0 saturated carbocycles. The second-order valence-corrected chi connectivity index (χ2v) is 6.36. The number of nitrogens with one attached hydrogen (secondary N) is 2. The fourth-order valence-corrected chi connectivity index (χ4v) is 1.93. The van der Waals surface area contributed by atoms with Gasteiger partial charge in [-0.3, -0.25) is 9.82 Å². The van der Waals surface area contributed by atoms with Crippen LogP contribution in [-0.4, -0.2) is 24.4 Å². The summed E-state index contributed by atoms with van der Waals surface area (Å²) in [6, 6.07) is 1.70. The van der Waals surface area contributed by atoms with Crippen LogP contribution < -0.4 is 4.72 Å². The first-order valence-corrected chi connectivity index (χ1v) is 6.57. The van der Waals surface area contributed by atoms with E-state index in [9.17, 15) is 8.42 Å². The van der Waals surface area contributed by atoms with Crippen molar-refractivity contribution >= 4 is 15.8 Å². The van der Waals surface area contributed by atoms with E-state index in [1.165, 1.54) is 6.08 Å². The molecule has 6 heteroatoms. The van der Waals surface area contributed by atoms with Gasteiger partial charge in [0, 0.05) is 17.2 Å². The van der Waals surface area contributed by atoms with Crippen LogP contribution in [0.5, 0.6) is 0 Å². The molecule has 0 atom stereocenters. The molecular weight excluding hydrogens is 226 g/mol. The van der Waals surface area contributed by atoms with Crippen molar-refractivity contribution in [3.63, 3.8) is 0 Å². The highest BCUT2D eigenvalue weighted by atomic mass is 32.2. The van der Waals surface area contributed by atoms with Gasteiger partial charge in [0.05, 0.1) is 5.75 Å². The summed E-state index contributed by atoms with van der Waals surface area (Å²) in [5.41, 5.74) is 0.790. The summed E-state index contributed by atoms with van der Waals surface area (Å²) in [6.07, 6.45) is 1.33. The van der Waals surface area contributed by atoms with Gasteiger partial charge in [-0.15, -0.1) is 6.58 Å². The lowest BCUT2D eigenvalue weighted by Gasteiger charge is -2.14. The molecule has 0 aliphatic carbocycles. The zero-order chi connectivity index (χ0) is 12.4. The Kier molecular flexibility index (Phi) is 3.42. The number of nitrogens with zero attached hydrogens (tertiary/aromatic N) is 1. The normalized spacial score (nSPS) is 12.4. The van der Waals surface area contributed by atoms with Gasteiger partial charge in [-0.05, 0) is 0 Å². The number of anilines is 1. The average Bonchev–Trinajstić information content (AvgIpc) is 2.50. The minimum absolute atomic E-state index is 0.0882. The van der Waals surface area contributed by atoms with Crippen molar-refractivity contribution in [1.29, 1.82) is 0 Å². The highest BCUT2D eigenvalue weighted by Crippen LogP contribution is 2.22. The minimum atomic E-state index is -3.37. The maximum atomic E-state index is 11.4. The molecule has 0 bridgehead atoms. The highest BCUT2D eigenvalue weighted by Gasteiger charge is 2.18. The fourth-order valence-electron chi connectivity index (χ4n) is 1.11. The summed E-state index contributed by atoms with van der Waals surface area (Å²) < 4.78 is 25.2. The Bertz CT molecular complexity index is 468. The van der Waals surface area contributed by atoms with Crippen LogP contribution in [0.25, 0.3) is 0 Å². The van der Waals surface area contributed by atoms with E-state index in [1.54, 1.807) is 6.07 Å². The quantitative estimate of drug-likeness (QED) is 0.789. The van der Waals surface area contributed by atoms with Crippen molar-refractivity contribution in [3.05, 3.63) is 24.4 Å². The second-order valence-electron chi connectivity index (χ2n) is 4.59. The monoisotopic (exact) mass is 243 g/mol. The van der Waals surface area contributed by atoms with Crippen LogP contribution in [0.4, 0.5) is 5.82 Å². The summed E-state index contributed by atoms with van der Waals surface area (Å²) in [5.74, 6) is 0.192. The van der Waals surface area contributed by atoms with E-state index in [4.69, 9.17) is 0 Å². The van der Waals surface area contributed by atoms with E-state index in [0.29, 0.717) is 5.82 Å². The first-order valence-electron chi connectivity index (χ1n) is 4.92. The molecule has 1 aromatic heterocycles. The molecule has 0 aromatic carbocycles. The number of sulfonamides is 1. The molecule has 0 saturated heterocycles. The van der Waals surface area contributed by atoms with Gasteiger partial charge in [-0.1, -0.05) is 26.8 Å². The number of hydrogen-bond donors (Lipinski definition) is 2. The van der Waals surface area contributed by atoms with Gasteiger partial charge in [0.2, 0.25) is 10.0 Å². The van der Waals surface area contributed by atoms with Crippen LogP contribution in [0, 0.1) is 0 Å². The predicted octanol–water partition coefficient (Wildman–Crippen LogP) is 1.63. The standard InChI is InChI=1S/C10H17N3O2S/c1-5-6-16(14,15)13-9-7-8(11-12-9)10(2,3)4/h5,7H,1,6H2,2-4H3,(H2,11,12,13). The Hall–Kier alpha value is -1.30. The van der Waals surface area contributed by atoms with E-state index >= 15 is 0 Å². The average molecular weight is 243 g/mol. The molecule has 5 nitrogen and oxygen atoms in total. The maximum absolute atomic E-state index is 11.4. The zero-order valence-electron chi connectivity index (χ0n) is 9.74. The van der Waals surface area contributed by atoms with E-state index in [1.807, 2.05) is 20.8 Å². The number of aromatic nitrogens is 2. The molecule has 16 heavy (non-hydrogen) atoms. The molecule has 0 aliphatic heterocycles. The molecule has 0 aliphatic rings. The van der Waals surface area contributed by atoms with Gasteiger partial charge in [0.25, 0.3) is 0 Å². The number of H-pyrrole nitrogens is 1. The molecule has 1 aromatic rings. The Balaban J connectivity index is 2.85. The Morgan fingerprint density at radius 2 is 2.19 bits per heavy atom. The van der Waals surface area contributed by atoms with Crippen molar-refractivity contribution in [2.75, 3.05) is 10.5 Å². The van der Waals surface area contributed by atoms with Crippen LogP contribution in [0.2, 0.25) is 0 Å². The van der Waals surface area contributed by atoms with Crippen molar-refractivity contribution in [3.8, 4) is 0 Å². The topological polar surface area (TPSA) is 74.8 Å². The summed E-state index contributed by atoms with van der Waals surface area (Å²) >= 11 is 0. The zero-order valence-corrected chi connectivity index (χ0v) is 10.6. The molecule has 0 unspecified atom stereocenters. The molecule has 0 spiro atoms. The molecule has 0 amide bonds. The molecular formula is C10H17N3O2S. The van der Waals surface area contributed by atoms with Crippen molar-refractivity contribution in [2.24, 2.45) is 0 Å². The number of rotatable bonds is 4. The summed E-state index contributed by atoms with van der Waals surface area (Å²) in [7, 11) is -3.37. The first kappa shape index (κ1) is 12.8. The van der Waals surface area contributed by atoms with Gasteiger partial charge >= 0.3 is 0 Å². The predicted molar refractivity (Wildman–Crippen MR) is 64.9 cm³/mol. The van der Waals surface area contributed by atoms with Gasteiger partial charge in [0.1, 0.15) is 0 Å². The van der Waals surface area contributed by atoms with E-state index in [-0.39, 0.29) is 11.2 Å². The third-order valence-corrected chi connectivity index (χ3v) is 3.18. The third kappa shape index (κ3) is 3.37. The lowest BCUT2D eigenvalue weighted by molar-refractivity contribution is 0.567. The van der Waals surface area contributed by atoms with Crippen LogP contribution in [-0.2, 0) is 15.4 Å². The Morgan fingerprint density at radius 1 is 1.56 bits per heavy atom. The summed E-state index contributed by atoms with van der Waals surface area (Å²) in [4.78, 5) is 0. The number of hydrogen-bond acceptors (Lipinski definition) is 3. The van der Waals surface area contributed by atoms with Gasteiger partial charge in [-0.2, -0.15) is 5.10 Å². The highest BCUT2D eigenvalue weighted by molar-refractivity contribution is 7.92. The van der Waals surface area contributed by atoms with Gasteiger partial charge in [-0.25, -0.2) is 8.42 Å². The van der Waals surface area contributed by atoms with Crippen molar-refractivity contribution in [2.45, 2.75) is 26.2 Å². The van der Waals surface area contributed by atoms with E-state index in [2.05, 4.69) is 21.5 Å². The Morgan fingerprint density at radius 3 is 2.62 bits per heavy atom. The van der Waals surface area contributed by atoms with Crippen molar-refractivity contribution < 1.29 is 8.42 Å². The lowest BCUT2D eigenvalue weighted by atomic mass is 9.92. The van der Waals surface area contributed by atoms with E-state index in [0.717, 1.165) is 5.69 Å². The first-order chi connectivity index (χ1) is 7.24. The fraction of sp³-hybridized carbons (Fsp3) is 0.500. The van der Waals surface area contributed by atoms with Crippen LogP contribution >= 0.6 is 0 Å². The van der Waals surface area contributed by atoms with Crippen LogP contribution in [0.1, 0.15) is 26.5 Å². The van der Waals surface area contributed by atoms with Gasteiger partial charge in [0.15, 0.2) is 5.82 Å². The second kappa shape index (κ2) is 4.29. The summed E-state index contributed by atoms with van der Waals surface area (Å²) in [5, 5.41) is 6.71. The minimum Gasteiger partial charge on any atom is -0.280 e. The molecule has 1 rings (SSSR count). The lowest BCUT2D eigenvalue weighted by Crippen LogP contribution is -2.15. The van der Waals surface area contributed by atoms with Crippen LogP contribution in [0.3, 0.4) is 0 Å². The molecule has 0 radical (unpaired) electrons. The SMILES string of the molecule is C=CCS(=O)(=O)Nc1cc(C(C)(C)C)[nH]n1. The third-order valence-electron chi connectivity index (χ3n) is 1.98. The van der Waals surface area contributed by atoms with Gasteiger partial charge < -0.3 is 0 Å². The molecule has 2 N–H and O–H groups in total. The molecule has 1 heterocycles. The number of aromatic amines is 1. The van der Waals surface area contributed by atoms with Crippen LogP contribution in [0.15, 0.2) is 18.7 Å². The Labute approximate surface area is 96.0 Å². The van der Waals surface area contributed by atoms with E-state index < -0.39 is 10.0 Å². The smallest absolute Gasteiger partial charge is 0.237 e. The van der Waals surface area contributed by atoms with Crippen molar-refractivity contribution in [1.82, 2.24) is 10.2 Å².